The van der Waals surface area contributed by atoms with E-state index in [4.69, 9.17) is 5.26 Å². The third-order valence-corrected chi connectivity index (χ3v) is 5.71. The zero-order valence-electron chi connectivity index (χ0n) is 7.96. The van der Waals surface area contributed by atoms with Crippen molar-refractivity contribution in [2.75, 3.05) is 6.54 Å². The molecule has 1 atom stereocenters. The fourth-order valence-corrected chi connectivity index (χ4v) is 3.43. The molecule has 0 aliphatic heterocycles. The molecule has 15 heavy (non-hydrogen) atoms. The fourth-order valence-electron chi connectivity index (χ4n) is 1.32. The molecular formula is C10H10Br2N2S. The molecule has 1 saturated carbocycles. The average Bonchev–Trinajstić information content (AvgIpc) is 2.96. The molecule has 0 bridgehead atoms. The Morgan fingerprint density at radius 1 is 1.60 bits per heavy atom. The Morgan fingerprint density at radius 3 is 2.80 bits per heavy atom. The van der Waals surface area contributed by atoms with Gasteiger partial charge in [0.25, 0.3) is 0 Å². The van der Waals surface area contributed by atoms with E-state index < -0.39 is 0 Å². The summed E-state index contributed by atoms with van der Waals surface area (Å²) in [6, 6.07) is 4.13. The van der Waals surface area contributed by atoms with Gasteiger partial charge in [-0.05, 0) is 63.2 Å². The molecule has 0 radical (unpaired) electrons. The molecule has 1 fully saturated rings. The SMILES string of the molecule is N#CC(NCC1CC1)c1cc(Br)c(Br)s1. The van der Waals surface area contributed by atoms with Crippen molar-refractivity contribution in [3.8, 4) is 6.07 Å². The molecular weight excluding hydrogens is 340 g/mol. The summed E-state index contributed by atoms with van der Waals surface area (Å²) in [6.07, 6.45) is 2.62. The Morgan fingerprint density at radius 2 is 2.33 bits per heavy atom. The Bertz CT molecular complexity index is 373. The van der Waals surface area contributed by atoms with Crippen LogP contribution in [0.25, 0.3) is 0 Å². The zero-order chi connectivity index (χ0) is 10.8. The molecule has 0 spiro atoms. The highest BCUT2D eigenvalue weighted by Crippen LogP contribution is 2.36. The van der Waals surface area contributed by atoms with Gasteiger partial charge in [0.1, 0.15) is 6.04 Å². The van der Waals surface area contributed by atoms with E-state index in [1.54, 1.807) is 11.3 Å². The Kier molecular flexibility index (Phi) is 3.83. The Labute approximate surface area is 110 Å². The quantitative estimate of drug-likeness (QED) is 0.896. The summed E-state index contributed by atoms with van der Waals surface area (Å²) in [4.78, 5) is 1.07. The molecule has 0 saturated heterocycles. The zero-order valence-corrected chi connectivity index (χ0v) is 12.0. The van der Waals surface area contributed by atoms with Gasteiger partial charge in [-0.2, -0.15) is 5.26 Å². The van der Waals surface area contributed by atoms with Crippen LogP contribution < -0.4 is 5.32 Å². The summed E-state index contributed by atoms with van der Waals surface area (Å²) >= 11 is 8.48. The number of halogens is 2. The lowest BCUT2D eigenvalue weighted by Crippen LogP contribution is -2.21. The van der Waals surface area contributed by atoms with Crippen molar-refractivity contribution in [1.82, 2.24) is 5.32 Å². The number of nitrogens with one attached hydrogen (secondary N) is 1. The maximum absolute atomic E-state index is 9.08. The number of thiophene rings is 1. The van der Waals surface area contributed by atoms with E-state index >= 15 is 0 Å². The topological polar surface area (TPSA) is 35.8 Å². The molecule has 2 rings (SSSR count). The summed E-state index contributed by atoms with van der Waals surface area (Å²) < 4.78 is 2.07. The van der Waals surface area contributed by atoms with Crippen LogP contribution in [0.1, 0.15) is 23.8 Å². The molecule has 0 aromatic carbocycles. The first-order valence-corrected chi connectivity index (χ1v) is 7.18. The highest BCUT2D eigenvalue weighted by Gasteiger charge is 2.23. The van der Waals surface area contributed by atoms with Crippen molar-refractivity contribution in [3.05, 3.63) is 19.2 Å². The highest BCUT2D eigenvalue weighted by molar-refractivity contribution is 9.13. The van der Waals surface area contributed by atoms with Crippen LogP contribution in [0.3, 0.4) is 0 Å². The minimum absolute atomic E-state index is 0.168. The van der Waals surface area contributed by atoms with E-state index in [-0.39, 0.29) is 6.04 Å². The predicted octanol–water partition coefficient (Wildman–Crippen LogP) is 3.84. The van der Waals surface area contributed by atoms with Gasteiger partial charge < -0.3 is 0 Å². The first-order valence-electron chi connectivity index (χ1n) is 4.78. The minimum Gasteiger partial charge on any atom is -0.297 e. The maximum Gasteiger partial charge on any atom is 0.130 e. The summed E-state index contributed by atoms with van der Waals surface area (Å²) in [5.41, 5.74) is 0. The second-order valence-corrected chi connectivity index (χ2v) is 6.94. The van der Waals surface area contributed by atoms with E-state index in [0.717, 1.165) is 25.6 Å². The normalized spacial score (nSPS) is 17.4. The standard InChI is InChI=1S/C10H10Br2N2S/c11-7-3-9(15-10(7)12)8(4-13)14-5-6-1-2-6/h3,6,8,14H,1-2,5H2. The largest absolute Gasteiger partial charge is 0.297 e. The van der Waals surface area contributed by atoms with Crippen LogP contribution in [0.4, 0.5) is 0 Å². The van der Waals surface area contributed by atoms with Crippen molar-refractivity contribution < 1.29 is 0 Å². The van der Waals surface area contributed by atoms with Gasteiger partial charge in [-0.1, -0.05) is 0 Å². The van der Waals surface area contributed by atoms with E-state index in [1.807, 2.05) is 6.07 Å². The average molecular weight is 350 g/mol. The molecule has 1 unspecified atom stereocenters. The molecule has 1 N–H and O–H groups in total. The van der Waals surface area contributed by atoms with Gasteiger partial charge in [-0.15, -0.1) is 11.3 Å². The molecule has 1 aromatic rings. The van der Waals surface area contributed by atoms with Crippen LogP contribution in [-0.4, -0.2) is 6.54 Å². The van der Waals surface area contributed by atoms with Gasteiger partial charge in [-0.3, -0.25) is 5.32 Å². The van der Waals surface area contributed by atoms with Crippen LogP contribution in [0.15, 0.2) is 14.3 Å². The van der Waals surface area contributed by atoms with Gasteiger partial charge in [0.2, 0.25) is 0 Å². The molecule has 80 valence electrons. The monoisotopic (exact) mass is 348 g/mol. The number of hydrogen-bond donors (Lipinski definition) is 1. The van der Waals surface area contributed by atoms with Crippen LogP contribution >= 0.6 is 43.2 Å². The molecule has 1 aliphatic rings. The van der Waals surface area contributed by atoms with Crippen molar-refractivity contribution >= 4 is 43.2 Å². The van der Waals surface area contributed by atoms with Crippen LogP contribution in [0.5, 0.6) is 0 Å². The van der Waals surface area contributed by atoms with Gasteiger partial charge in [0.05, 0.1) is 9.86 Å². The third kappa shape index (κ3) is 3.04. The van der Waals surface area contributed by atoms with E-state index in [9.17, 15) is 0 Å². The second-order valence-electron chi connectivity index (χ2n) is 3.68. The smallest absolute Gasteiger partial charge is 0.130 e. The lowest BCUT2D eigenvalue weighted by atomic mass is 10.2. The summed E-state index contributed by atoms with van der Waals surface area (Å²) in [7, 11) is 0. The van der Waals surface area contributed by atoms with E-state index in [2.05, 4.69) is 43.2 Å². The van der Waals surface area contributed by atoms with Crippen molar-refractivity contribution in [1.29, 1.82) is 5.26 Å². The third-order valence-electron chi connectivity index (χ3n) is 2.39. The number of hydrogen-bond acceptors (Lipinski definition) is 3. The van der Waals surface area contributed by atoms with Gasteiger partial charge in [-0.25, -0.2) is 0 Å². The number of rotatable bonds is 4. The molecule has 1 aliphatic carbocycles. The Hall–Kier alpha value is 0.110. The Balaban J connectivity index is 2.01. The van der Waals surface area contributed by atoms with E-state index in [0.29, 0.717) is 0 Å². The minimum atomic E-state index is -0.168. The van der Waals surface area contributed by atoms with Crippen molar-refractivity contribution in [2.24, 2.45) is 5.92 Å². The molecule has 1 heterocycles. The molecule has 5 heteroatoms. The highest BCUT2D eigenvalue weighted by atomic mass is 79.9. The molecule has 1 aromatic heterocycles. The maximum atomic E-state index is 9.08. The summed E-state index contributed by atoms with van der Waals surface area (Å²) in [5.74, 6) is 0.799. The predicted molar refractivity (Wildman–Crippen MR) is 68.8 cm³/mol. The summed E-state index contributed by atoms with van der Waals surface area (Å²) in [5, 5.41) is 12.4. The lowest BCUT2D eigenvalue weighted by molar-refractivity contribution is 0.599. The van der Waals surface area contributed by atoms with Crippen LogP contribution in [-0.2, 0) is 0 Å². The van der Waals surface area contributed by atoms with Crippen molar-refractivity contribution in [3.63, 3.8) is 0 Å². The first-order chi connectivity index (χ1) is 7.20. The molecule has 2 nitrogen and oxygen atoms in total. The van der Waals surface area contributed by atoms with Crippen LogP contribution in [0.2, 0.25) is 0 Å². The van der Waals surface area contributed by atoms with Crippen LogP contribution in [0, 0.1) is 17.2 Å². The van der Waals surface area contributed by atoms with Crippen molar-refractivity contribution in [2.45, 2.75) is 18.9 Å². The van der Waals surface area contributed by atoms with Gasteiger partial charge in [0, 0.05) is 9.35 Å². The first kappa shape index (κ1) is 11.6. The van der Waals surface area contributed by atoms with Gasteiger partial charge >= 0.3 is 0 Å². The second kappa shape index (κ2) is 4.96. The fraction of sp³-hybridized carbons (Fsp3) is 0.500. The number of nitrogens with zero attached hydrogens (tertiary/aromatic N) is 1. The summed E-state index contributed by atoms with van der Waals surface area (Å²) in [6.45, 7) is 0.964. The number of nitriles is 1. The van der Waals surface area contributed by atoms with E-state index in [1.165, 1.54) is 12.8 Å². The molecule has 0 amide bonds. The lowest BCUT2D eigenvalue weighted by Gasteiger charge is -2.08. The van der Waals surface area contributed by atoms with Gasteiger partial charge in [0.15, 0.2) is 0 Å².